The van der Waals surface area contributed by atoms with E-state index in [1.54, 1.807) is 24.4 Å². The number of likely N-dealkylation sites (tertiary alicyclic amines) is 1. The topological polar surface area (TPSA) is 169 Å². The third-order valence-electron chi connectivity index (χ3n) is 12.2. The predicted octanol–water partition coefficient (Wildman–Crippen LogP) is 9.15. The number of sulfonamides is 1. The lowest BCUT2D eigenvalue weighted by Gasteiger charge is -2.36. The molecule has 14 heteroatoms. The van der Waals surface area contributed by atoms with Crippen LogP contribution in [0, 0.1) is 16.0 Å². The summed E-state index contributed by atoms with van der Waals surface area (Å²) in [4.78, 5) is 35.1. The molecular formula is C46H46N6O7S. The van der Waals surface area contributed by atoms with Crippen LogP contribution in [-0.2, 0) is 14.8 Å². The Kier molecular flexibility index (Phi) is 11.1. The first-order valence-corrected chi connectivity index (χ1v) is 22.0. The van der Waals surface area contributed by atoms with Crippen molar-refractivity contribution >= 4 is 54.7 Å². The number of aromatic nitrogens is 2. The second-order valence-electron chi connectivity index (χ2n) is 15.8. The van der Waals surface area contributed by atoms with Gasteiger partial charge in [-0.2, -0.15) is 0 Å². The van der Waals surface area contributed by atoms with Crippen LogP contribution >= 0.6 is 0 Å². The molecule has 4 heterocycles. The van der Waals surface area contributed by atoms with E-state index in [-0.39, 0.29) is 22.9 Å². The number of nitrogens with zero attached hydrogens (tertiary/aromatic N) is 3. The Morgan fingerprint density at radius 1 is 0.967 bits per heavy atom. The van der Waals surface area contributed by atoms with Gasteiger partial charge in [0.05, 0.1) is 21.6 Å². The highest BCUT2D eigenvalue weighted by Crippen LogP contribution is 2.42. The van der Waals surface area contributed by atoms with Crippen molar-refractivity contribution in [3.8, 4) is 11.5 Å². The number of carbonyl (C=O) groups is 1. The zero-order chi connectivity index (χ0) is 41.2. The van der Waals surface area contributed by atoms with Crippen LogP contribution in [0.5, 0.6) is 11.5 Å². The molecule has 1 amide bonds. The number of fused-ring (bicyclic) bond motifs is 2. The van der Waals surface area contributed by atoms with Crippen LogP contribution in [-0.4, -0.2) is 66.5 Å². The van der Waals surface area contributed by atoms with Gasteiger partial charge in [-0.1, -0.05) is 54.6 Å². The van der Waals surface area contributed by atoms with E-state index in [2.05, 4.69) is 73.4 Å². The highest BCUT2D eigenvalue weighted by molar-refractivity contribution is 7.90. The van der Waals surface area contributed by atoms with Gasteiger partial charge in [-0.3, -0.25) is 19.8 Å². The van der Waals surface area contributed by atoms with Crippen LogP contribution in [0.1, 0.15) is 72.5 Å². The average molecular weight is 827 g/mol. The molecule has 2 aliphatic heterocycles. The number of aromatic amines is 1. The minimum atomic E-state index is -4.55. The summed E-state index contributed by atoms with van der Waals surface area (Å²) in [5, 5.41) is 18.6. The van der Waals surface area contributed by atoms with Crippen molar-refractivity contribution in [3.63, 3.8) is 0 Å². The number of rotatable bonds is 12. The number of pyridine rings is 1. The Labute approximate surface area is 348 Å². The van der Waals surface area contributed by atoms with Gasteiger partial charge in [-0.05, 0) is 121 Å². The molecule has 60 heavy (non-hydrogen) atoms. The third-order valence-corrected chi connectivity index (χ3v) is 13.5. The normalized spacial score (nSPS) is 19.0. The largest absolute Gasteiger partial charge is 0.455 e. The van der Waals surface area contributed by atoms with Crippen molar-refractivity contribution in [1.82, 2.24) is 19.6 Å². The number of allylic oxidation sites excluding steroid dienone is 1. The van der Waals surface area contributed by atoms with Crippen molar-refractivity contribution in [2.75, 3.05) is 31.6 Å². The van der Waals surface area contributed by atoms with E-state index in [0.717, 1.165) is 74.1 Å². The van der Waals surface area contributed by atoms with Gasteiger partial charge in [-0.15, -0.1) is 0 Å². The molecule has 3 N–H and O–H groups in total. The number of ether oxygens (including phenoxy) is 2. The molecule has 4 aromatic carbocycles. The fraction of sp³-hybridized carbons (Fsp3) is 0.304. The summed E-state index contributed by atoms with van der Waals surface area (Å²) < 4.78 is 41.2. The van der Waals surface area contributed by atoms with Crippen LogP contribution in [0.4, 0.5) is 11.4 Å². The number of hydrogen-bond acceptors (Lipinski definition) is 10. The molecule has 1 aliphatic carbocycles. The molecule has 0 bridgehead atoms. The number of nitro groups is 1. The molecule has 6 aromatic rings. The number of nitrogens with one attached hydrogen (secondary N) is 3. The Bertz CT molecular complexity index is 2720. The van der Waals surface area contributed by atoms with Crippen LogP contribution < -0.4 is 14.8 Å². The maximum absolute atomic E-state index is 13.9. The molecule has 3 aliphatic rings. The third kappa shape index (κ3) is 8.22. The average Bonchev–Trinajstić information content (AvgIpc) is 3.96. The molecule has 0 radical (unpaired) electrons. The SMILES string of the molecule is O=C(NS(=O)(=O)c1ccc(NCC2CCOCC2)c([N+](=O)[O-])c1)c1ccc(C2=CCC(N3CCCC3c3cccc4ccccc34)CC2)cc1Oc1cnc2[nH]ccc2c1. The number of carbonyl (C=O) groups excluding carboxylic acids is 1. The van der Waals surface area contributed by atoms with Crippen LogP contribution in [0.2, 0.25) is 0 Å². The van der Waals surface area contributed by atoms with Crippen molar-refractivity contribution < 1.29 is 27.6 Å². The minimum absolute atomic E-state index is 0.0231. The zero-order valence-electron chi connectivity index (χ0n) is 33.0. The summed E-state index contributed by atoms with van der Waals surface area (Å²) in [6.07, 6.45) is 12.2. The second-order valence-corrected chi connectivity index (χ2v) is 17.5. The summed E-state index contributed by atoms with van der Waals surface area (Å²) in [7, 11) is -4.55. The molecule has 308 valence electrons. The van der Waals surface area contributed by atoms with Gasteiger partial charge in [0.1, 0.15) is 22.8 Å². The molecular weight excluding hydrogens is 781 g/mol. The van der Waals surface area contributed by atoms with Crippen LogP contribution in [0.15, 0.2) is 114 Å². The quantitative estimate of drug-likeness (QED) is 0.0799. The number of nitro benzene ring substituents is 1. The van der Waals surface area contributed by atoms with Gasteiger partial charge < -0.3 is 19.8 Å². The van der Waals surface area contributed by atoms with Crippen LogP contribution in [0.3, 0.4) is 0 Å². The lowest BCUT2D eigenvalue weighted by Crippen LogP contribution is -2.35. The van der Waals surface area contributed by atoms with Gasteiger partial charge in [0.2, 0.25) is 0 Å². The number of anilines is 1. The highest BCUT2D eigenvalue weighted by Gasteiger charge is 2.34. The van der Waals surface area contributed by atoms with Gasteiger partial charge in [0, 0.05) is 49.5 Å². The molecule has 2 atom stereocenters. The summed E-state index contributed by atoms with van der Waals surface area (Å²) in [5.74, 6) is -0.154. The zero-order valence-corrected chi connectivity index (χ0v) is 33.8. The maximum Gasteiger partial charge on any atom is 0.293 e. The molecule has 2 fully saturated rings. The van der Waals surface area contributed by atoms with Crippen LogP contribution in [0.25, 0.3) is 27.4 Å². The Hall–Kier alpha value is -6.09. The summed E-state index contributed by atoms with van der Waals surface area (Å²) in [5.41, 5.74) is 3.81. The molecule has 9 rings (SSSR count). The maximum atomic E-state index is 13.9. The van der Waals surface area contributed by atoms with Gasteiger partial charge in [0.15, 0.2) is 0 Å². The molecule has 2 saturated heterocycles. The summed E-state index contributed by atoms with van der Waals surface area (Å²) >= 11 is 0. The number of amides is 1. The van der Waals surface area contributed by atoms with Crippen molar-refractivity contribution in [1.29, 1.82) is 0 Å². The van der Waals surface area contributed by atoms with E-state index in [4.69, 9.17) is 9.47 Å². The first-order valence-electron chi connectivity index (χ1n) is 20.6. The lowest BCUT2D eigenvalue weighted by molar-refractivity contribution is -0.384. The van der Waals surface area contributed by atoms with Crippen molar-refractivity contribution in [2.45, 2.75) is 61.9 Å². The lowest BCUT2D eigenvalue weighted by atomic mass is 9.88. The van der Waals surface area contributed by atoms with Gasteiger partial charge >= 0.3 is 0 Å². The smallest absolute Gasteiger partial charge is 0.293 e. The first kappa shape index (κ1) is 39.4. The summed E-state index contributed by atoms with van der Waals surface area (Å²) in [6, 6.07) is 28.3. The van der Waals surface area contributed by atoms with E-state index in [1.807, 2.05) is 12.1 Å². The number of H-pyrrole nitrogens is 1. The predicted molar refractivity (Wildman–Crippen MR) is 231 cm³/mol. The van der Waals surface area contributed by atoms with Gasteiger partial charge in [0.25, 0.3) is 21.6 Å². The molecule has 0 saturated carbocycles. The highest BCUT2D eigenvalue weighted by atomic mass is 32.2. The monoisotopic (exact) mass is 826 g/mol. The van der Waals surface area contributed by atoms with E-state index in [9.17, 15) is 23.3 Å². The van der Waals surface area contributed by atoms with Crippen molar-refractivity contribution in [2.24, 2.45) is 5.92 Å². The van der Waals surface area contributed by atoms with E-state index in [1.165, 1.54) is 34.7 Å². The first-order chi connectivity index (χ1) is 29.2. The molecule has 2 unspecified atom stereocenters. The number of hydrogen-bond donors (Lipinski definition) is 3. The van der Waals surface area contributed by atoms with Crippen molar-refractivity contribution in [3.05, 3.63) is 136 Å². The van der Waals surface area contributed by atoms with Gasteiger partial charge in [-0.25, -0.2) is 18.1 Å². The minimum Gasteiger partial charge on any atom is -0.455 e. The Morgan fingerprint density at radius 2 is 1.82 bits per heavy atom. The van der Waals surface area contributed by atoms with E-state index in [0.29, 0.717) is 43.2 Å². The molecule has 2 aromatic heterocycles. The summed E-state index contributed by atoms with van der Waals surface area (Å²) in [6.45, 7) is 2.80. The van der Waals surface area contributed by atoms with E-state index < -0.39 is 31.4 Å². The Morgan fingerprint density at radius 3 is 2.65 bits per heavy atom. The van der Waals surface area contributed by atoms with E-state index >= 15 is 0 Å². The molecule has 0 spiro atoms. The fourth-order valence-corrected chi connectivity index (χ4v) is 9.99. The molecule has 13 nitrogen and oxygen atoms in total. The fourth-order valence-electron chi connectivity index (χ4n) is 9.00. The Balaban J connectivity index is 0.960. The standard InChI is InChI=1S/C46H46N6O7S/c53-46(50-60(56,57)37-15-17-41(43(27-37)52(54)55)48-28-30-19-23-58-24-20-30)40-16-12-33(26-44(40)59-36-25-34-18-21-47-45(34)49-29-36)31-10-13-35(14-11-31)51-22-4-9-42(51)39-8-3-6-32-5-1-2-7-38(32)39/h1-3,5-8,10,12,15-18,21,25-27,29-30,35,42,48H,4,9,11,13-14,19-20,22-24,28H2,(H,47,49)(H,50,53). The second kappa shape index (κ2) is 16.9. The number of benzene rings is 4.